The fraction of sp³-hybridized carbons (Fsp3) is 0.273. The van der Waals surface area contributed by atoms with Crippen molar-refractivity contribution in [1.82, 2.24) is 0 Å². The molecule has 0 saturated heterocycles. The van der Waals surface area contributed by atoms with Crippen molar-refractivity contribution in [3.63, 3.8) is 0 Å². The molecule has 0 unspecified atom stereocenters. The third-order valence-electron chi connectivity index (χ3n) is 2.03. The number of amides is 1. The molecule has 0 aliphatic heterocycles. The maximum Gasteiger partial charge on any atom is 0.329 e. The van der Waals surface area contributed by atoms with E-state index in [9.17, 15) is 9.59 Å². The summed E-state index contributed by atoms with van der Waals surface area (Å²) in [5.41, 5.74) is 6.02. The summed E-state index contributed by atoms with van der Waals surface area (Å²) in [7, 11) is 0. The largest absolute Gasteiger partial charge is 0.480 e. The number of carboxylic acids is 1. The molecule has 1 aromatic carbocycles. The number of carboxylic acid groups (broad SMARTS) is 1. The fourth-order valence-electron chi connectivity index (χ4n) is 1.29. The molecule has 0 bridgehead atoms. The summed E-state index contributed by atoms with van der Waals surface area (Å²) in [5.74, 6) is -1.60. The molecule has 0 atom stereocenters. The second-order valence-corrected chi connectivity index (χ2v) is 3.86. The number of ether oxygens (including phenoxy) is 1. The highest BCUT2D eigenvalue weighted by Crippen LogP contribution is 2.20. The molecule has 0 heterocycles. The van der Waals surface area contributed by atoms with Gasteiger partial charge in [-0.2, -0.15) is 0 Å². The first-order valence-corrected chi connectivity index (χ1v) is 5.51. The van der Waals surface area contributed by atoms with Crippen LogP contribution >= 0.6 is 11.6 Å². The second kappa shape index (κ2) is 6.83. The molecule has 1 amide bonds. The lowest BCUT2D eigenvalue weighted by Crippen LogP contribution is -2.17. The average molecular weight is 273 g/mol. The van der Waals surface area contributed by atoms with Gasteiger partial charge in [-0.3, -0.25) is 4.79 Å². The molecule has 1 rings (SSSR count). The number of carbonyl (C=O) groups is 2. The number of nitrogens with one attached hydrogen (secondary N) is 1. The molecule has 4 N–H and O–H groups in total. The van der Waals surface area contributed by atoms with E-state index in [-0.39, 0.29) is 13.2 Å². The molecule has 18 heavy (non-hydrogen) atoms. The minimum absolute atomic E-state index is 0.191. The number of hydrogen-bond acceptors (Lipinski definition) is 4. The highest BCUT2D eigenvalue weighted by atomic mass is 35.5. The van der Waals surface area contributed by atoms with Crippen molar-refractivity contribution in [1.29, 1.82) is 0 Å². The van der Waals surface area contributed by atoms with E-state index in [1.54, 1.807) is 12.1 Å². The third kappa shape index (κ3) is 4.60. The van der Waals surface area contributed by atoms with Crippen LogP contribution in [0.15, 0.2) is 18.2 Å². The SMILES string of the molecule is NC(=O)c1ccc(Cl)cc1NCCOCC(=O)O. The number of primary amides is 1. The van der Waals surface area contributed by atoms with E-state index in [1.807, 2.05) is 0 Å². The molecule has 1 aromatic rings. The Morgan fingerprint density at radius 2 is 2.17 bits per heavy atom. The van der Waals surface area contributed by atoms with E-state index in [4.69, 9.17) is 27.2 Å². The summed E-state index contributed by atoms with van der Waals surface area (Å²) in [6.07, 6.45) is 0. The maximum absolute atomic E-state index is 11.1. The Labute approximate surface area is 109 Å². The number of aliphatic carboxylic acids is 1. The van der Waals surface area contributed by atoms with Crippen molar-refractivity contribution in [3.8, 4) is 0 Å². The molecule has 0 aliphatic carbocycles. The zero-order valence-corrected chi connectivity index (χ0v) is 10.2. The Hall–Kier alpha value is -1.79. The molecule has 0 radical (unpaired) electrons. The van der Waals surface area contributed by atoms with Gasteiger partial charge in [-0.1, -0.05) is 11.6 Å². The predicted molar refractivity (Wildman–Crippen MR) is 66.9 cm³/mol. The summed E-state index contributed by atoms with van der Waals surface area (Å²) in [4.78, 5) is 21.3. The van der Waals surface area contributed by atoms with Gasteiger partial charge in [0.2, 0.25) is 0 Å². The predicted octanol–water partition coefficient (Wildman–Crippen LogP) is 0.952. The quantitative estimate of drug-likeness (QED) is 0.642. The first-order valence-electron chi connectivity index (χ1n) is 5.13. The van der Waals surface area contributed by atoms with Gasteiger partial charge < -0.3 is 20.9 Å². The highest BCUT2D eigenvalue weighted by molar-refractivity contribution is 6.31. The smallest absolute Gasteiger partial charge is 0.329 e. The topological polar surface area (TPSA) is 102 Å². The summed E-state index contributed by atoms with van der Waals surface area (Å²) < 4.78 is 4.84. The molecule has 0 aliphatic rings. The van der Waals surface area contributed by atoms with Gasteiger partial charge in [0.05, 0.1) is 12.2 Å². The van der Waals surface area contributed by atoms with Crippen LogP contribution in [0, 0.1) is 0 Å². The number of halogens is 1. The van der Waals surface area contributed by atoms with Gasteiger partial charge in [-0.15, -0.1) is 0 Å². The van der Waals surface area contributed by atoms with Gasteiger partial charge >= 0.3 is 5.97 Å². The van der Waals surface area contributed by atoms with Gasteiger partial charge in [-0.05, 0) is 18.2 Å². The minimum atomic E-state index is -1.03. The lowest BCUT2D eigenvalue weighted by molar-refractivity contribution is -0.142. The van der Waals surface area contributed by atoms with Gasteiger partial charge in [0.25, 0.3) is 5.91 Å². The number of rotatable bonds is 7. The van der Waals surface area contributed by atoms with Gasteiger partial charge in [0.1, 0.15) is 6.61 Å². The third-order valence-corrected chi connectivity index (χ3v) is 2.27. The Balaban J connectivity index is 2.53. The van der Waals surface area contributed by atoms with E-state index in [2.05, 4.69) is 5.32 Å². The standard InChI is InChI=1S/C11H13ClN2O4/c12-7-1-2-8(11(13)17)9(5-7)14-3-4-18-6-10(15)16/h1-2,5,14H,3-4,6H2,(H2,13,17)(H,15,16). The Morgan fingerprint density at radius 1 is 1.44 bits per heavy atom. The van der Waals surface area contributed by atoms with E-state index >= 15 is 0 Å². The van der Waals surface area contributed by atoms with E-state index in [0.29, 0.717) is 22.8 Å². The lowest BCUT2D eigenvalue weighted by Gasteiger charge is -2.10. The van der Waals surface area contributed by atoms with Crippen LogP contribution in [0.3, 0.4) is 0 Å². The fourth-order valence-corrected chi connectivity index (χ4v) is 1.47. The zero-order chi connectivity index (χ0) is 13.5. The first kappa shape index (κ1) is 14.3. The summed E-state index contributed by atoms with van der Waals surface area (Å²) in [6.45, 7) is 0.171. The number of benzene rings is 1. The summed E-state index contributed by atoms with van der Waals surface area (Å²) in [6, 6.07) is 4.65. The molecule has 6 nitrogen and oxygen atoms in total. The minimum Gasteiger partial charge on any atom is -0.480 e. The Bertz CT molecular complexity index is 451. The van der Waals surface area contributed by atoms with Crippen LogP contribution in [0.1, 0.15) is 10.4 Å². The molecule has 0 aromatic heterocycles. The van der Waals surface area contributed by atoms with Crippen LogP contribution in [-0.4, -0.2) is 36.7 Å². The lowest BCUT2D eigenvalue weighted by atomic mass is 10.1. The summed E-state index contributed by atoms with van der Waals surface area (Å²) in [5, 5.41) is 11.7. The van der Waals surface area contributed by atoms with Crippen LogP contribution in [0.2, 0.25) is 5.02 Å². The van der Waals surface area contributed by atoms with E-state index in [1.165, 1.54) is 6.07 Å². The maximum atomic E-state index is 11.1. The van der Waals surface area contributed by atoms with Gasteiger partial charge in [0, 0.05) is 17.3 Å². The van der Waals surface area contributed by atoms with Crippen LogP contribution in [-0.2, 0) is 9.53 Å². The van der Waals surface area contributed by atoms with Crippen molar-refractivity contribution < 1.29 is 19.4 Å². The van der Waals surface area contributed by atoms with Crippen LogP contribution in [0.4, 0.5) is 5.69 Å². The van der Waals surface area contributed by atoms with Crippen molar-refractivity contribution in [2.24, 2.45) is 5.73 Å². The number of carbonyl (C=O) groups excluding carboxylic acids is 1. The molecular formula is C11H13ClN2O4. The molecular weight excluding hydrogens is 260 g/mol. The highest BCUT2D eigenvalue weighted by Gasteiger charge is 2.08. The van der Waals surface area contributed by atoms with Crippen LogP contribution < -0.4 is 11.1 Å². The molecule has 0 spiro atoms. The van der Waals surface area contributed by atoms with Crippen molar-refractivity contribution in [2.75, 3.05) is 25.1 Å². The second-order valence-electron chi connectivity index (χ2n) is 3.43. The van der Waals surface area contributed by atoms with E-state index < -0.39 is 11.9 Å². The van der Waals surface area contributed by atoms with Crippen LogP contribution in [0.5, 0.6) is 0 Å². The molecule has 7 heteroatoms. The van der Waals surface area contributed by atoms with E-state index in [0.717, 1.165) is 0 Å². The monoisotopic (exact) mass is 272 g/mol. The Morgan fingerprint density at radius 3 is 2.78 bits per heavy atom. The number of anilines is 1. The van der Waals surface area contributed by atoms with Crippen LogP contribution in [0.25, 0.3) is 0 Å². The van der Waals surface area contributed by atoms with Gasteiger partial charge in [-0.25, -0.2) is 4.79 Å². The summed E-state index contributed by atoms with van der Waals surface area (Å²) >= 11 is 5.80. The van der Waals surface area contributed by atoms with Crippen molar-refractivity contribution in [3.05, 3.63) is 28.8 Å². The molecule has 0 saturated carbocycles. The number of nitrogens with two attached hydrogens (primary N) is 1. The number of hydrogen-bond donors (Lipinski definition) is 3. The van der Waals surface area contributed by atoms with Gasteiger partial charge in [0.15, 0.2) is 0 Å². The zero-order valence-electron chi connectivity index (χ0n) is 9.48. The molecule has 0 fully saturated rings. The Kier molecular flexibility index (Phi) is 5.41. The van der Waals surface area contributed by atoms with Crippen molar-refractivity contribution in [2.45, 2.75) is 0 Å². The first-order chi connectivity index (χ1) is 8.50. The van der Waals surface area contributed by atoms with Crippen molar-refractivity contribution >= 4 is 29.2 Å². The molecule has 98 valence electrons. The average Bonchev–Trinajstić information content (AvgIpc) is 2.27. The normalized spacial score (nSPS) is 10.1.